The van der Waals surface area contributed by atoms with Crippen LogP contribution in [0.2, 0.25) is 0 Å². The summed E-state index contributed by atoms with van der Waals surface area (Å²) in [6.07, 6.45) is 4.62. The third-order valence-electron chi connectivity index (χ3n) is 1.54. The van der Waals surface area contributed by atoms with Crippen LogP contribution in [-0.4, -0.2) is 17.0 Å². The van der Waals surface area contributed by atoms with Crippen molar-refractivity contribution in [1.82, 2.24) is 0 Å². The minimum absolute atomic E-state index is 0.444. The fraction of sp³-hybridized carbons (Fsp3) is 0. The number of ether oxygens (including phenoxy) is 1. The summed E-state index contributed by atoms with van der Waals surface area (Å²) in [5, 5.41) is 8.28. The molecule has 0 heterocycles. The average Bonchev–Trinajstić information content (AvgIpc) is 2.25. The predicted molar refractivity (Wildman–Crippen MR) is 58.0 cm³/mol. The Balaban J connectivity index is 2.45. The first-order chi connectivity index (χ1) is 7.68. The predicted octanol–water partition coefficient (Wildman–Crippen LogP) is 1.79. The number of carbonyl (C=O) groups excluding carboxylic acids is 1. The SMILES string of the molecule is O=C(O)C=CC=CC(=O)Oc1ccccc1. The summed E-state index contributed by atoms with van der Waals surface area (Å²) in [6.45, 7) is 0. The number of rotatable bonds is 4. The first kappa shape index (κ1) is 11.7. The van der Waals surface area contributed by atoms with Crippen molar-refractivity contribution in [3.63, 3.8) is 0 Å². The molecule has 1 aromatic rings. The van der Waals surface area contributed by atoms with Crippen LogP contribution in [0.5, 0.6) is 5.75 Å². The summed E-state index contributed by atoms with van der Waals surface area (Å²) >= 11 is 0. The van der Waals surface area contributed by atoms with E-state index in [4.69, 9.17) is 9.84 Å². The number of allylic oxidation sites excluding steroid dienone is 2. The molecule has 1 rings (SSSR count). The zero-order valence-electron chi connectivity index (χ0n) is 8.37. The van der Waals surface area contributed by atoms with Gasteiger partial charge < -0.3 is 9.84 Å². The van der Waals surface area contributed by atoms with E-state index >= 15 is 0 Å². The molecule has 4 nitrogen and oxygen atoms in total. The van der Waals surface area contributed by atoms with E-state index < -0.39 is 11.9 Å². The maximum absolute atomic E-state index is 11.2. The monoisotopic (exact) mass is 218 g/mol. The molecule has 4 heteroatoms. The molecule has 1 N–H and O–H groups in total. The van der Waals surface area contributed by atoms with Crippen LogP contribution in [0.15, 0.2) is 54.6 Å². The lowest BCUT2D eigenvalue weighted by molar-refractivity contribution is -0.131. The Morgan fingerprint density at radius 1 is 1.06 bits per heavy atom. The smallest absolute Gasteiger partial charge is 0.336 e. The van der Waals surface area contributed by atoms with Crippen LogP contribution in [0.1, 0.15) is 0 Å². The number of para-hydroxylation sites is 1. The van der Waals surface area contributed by atoms with E-state index in [1.165, 1.54) is 12.2 Å². The van der Waals surface area contributed by atoms with Crippen LogP contribution in [0.3, 0.4) is 0 Å². The normalized spacial score (nSPS) is 10.8. The largest absolute Gasteiger partial charge is 0.478 e. The van der Waals surface area contributed by atoms with Crippen LogP contribution in [0.25, 0.3) is 0 Å². The Morgan fingerprint density at radius 2 is 1.69 bits per heavy atom. The highest BCUT2D eigenvalue weighted by Gasteiger charge is 1.97. The van der Waals surface area contributed by atoms with Crippen molar-refractivity contribution in [3.8, 4) is 5.75 Å². The van der Waals surface area contributed by atoms with Crippen molar-refractivity contribution in [2.24, 2.45) is 0 Å². The topological polar surface area (TPSA) is 63.6 Å². The summed E-state index contributed by atoms with van der Waals surface area (Å²) < 4.78 is 4.91. The molecular weight excluding hydrogens is 208 g/mol. The maximum Gasteiger partial charge on any atom is 0.336 e. The van der Waals surface area contributed by atoms with Crippen molar-refractivity contribution < 1.29 is 19.4 Å². The van der Waals surface area contributed by atoms with Gasteiger partial charge in [-0.05, 0) is 12.1 Å². The van der Waals surface area contributed by atoms with Gasteiger partial charge in [-0.1, -0.05) is 30.4 Å². The number of carbonyl (C=O) groups is 2. The Hall–Kier alpha value is -2.36. The molecule has 0 saturated carbocycles. The van der Waals surface area contributed by atoms with Crippen molar-refractivity contribution in [1.29, 1.82) is 0 Å². The number of hydrogen-bond donors (Lipinski definition) is 1. The van der Waals surface area contributed by atoms with Gasteiger partial charge in [0.25, 0.3) is 0 Å². The highest BCUT2D eigenvalue weighted by molar-refractivity contribution is 5.85. The van der Waals surface area contributed by atoms with Gasteiger partial charge in [0.1, 0.15) is 5.75 Å². The second-order valence-corrected chi connectivity index (χ2v) is 2.79. The zero-order chi connectivity index (χ0) is 11.8. The third kappa shape index (κ3) is 4.76. The summed E-state index contributed by atoms with van der Waals surface area (Å²) in [6, 6.07) is 8.60. The molecule has 0 aliphatic heterocycles. The van der Waals surface area contributed by atoms with E-state index in [0.29, 0.717) is 5.75 Å². The van der Waals surface area contributed by atoms with Gasteiger partial charge in [-0.15, -0.1) is 0 Å². The Kier molecular flexibility index (Phi) is 4.53. The van der Waals surface area contributed by atoms with Gasteiger partial charge in [-0.2, -0.15) is 0 Å². The molecule has 0 aliphatic carbocycles. The average molecular weight is 218 g/mol. The van der Waals surface area contributed by atoms with Crippen LogP contribution in [0.4, 0.5) is 0 Å². The number of carboxylic acid groups (broad SMARTS) is 1. The van der Waals surface area contributed by atoms with Crippen molar-refractivity contribution in [2.75, 3.05) is 0 Å². The minimum atomic E-state index is -1.07. The zero-order valence-corrected chi connectivity index (χ0v) is 8.37. The second-order valence-electron chi connectivity index (χ2n) is 2.79. The molecule has 82 valence electrons. The summed E-state index contributed by atoms with van der Waals surface area (Å²) in [4.78, 5) is 21.3. The molecule has 0 amide bonds. The number of benzene rings is 1. The first-order valence-electron chi connectivity index (χ1n) is 4.53. The van der Waals surface area contributed by atoms with E-state index in [9.17, 15) is 9.59 Å². The fourth-order valence-electron chi connectivity index (χ4n) is 0.911. The number of aliphatic carboxylic acids is 1. The molecule has 0 aliphatic rings. The highest BCUT2D eigenvalue weighted by atomic mass is 16.5. The van der Waals surface area contributed by atoms with Gasteiger partial charge >= 0.3 is 11.9 Å². The fourth-order valence-corrected chi connectivity index (χ4v) is 0.911. The number of esters is 1. The van der Waals surface area contributed by atoms with Crippen LogP contribution >= 0.6 is 0 Å². The van der Waals surface area contributed by atoms with E-state index in [1.807, 2.05) is 6.07 Å². The van der Waals surface area contributed by atoms with Gasteiger partial charge in [-0.3, -0.25) is 0 Å². The van der Waals surface area contributed by atoms with Gasteiger partial charge in [0, 0.05) is 12.2 Å². The third-order valence-corrected chi connectivity index (χ3v) is 1.54. The van der Waals surface area contributed by atoms with E-state index in [2.05, 4.69) is 0 Å². The first-order valence-corrected chi connectivity index (χ1v) is 4.53. The van der Waals surface area contributed by atoms with Gasteiger partial charge in [0.15, 0.2) is 0 Å². The second kappa shape index (κ2) is 6.19. The van der Waals surface area contributed by atoms with Crippen LogP contribution in [0, 0.1) is 0 Å². The summed E-state index contributed by atoms with van der Waals surface area (Å²) in [5.74, 6) is -1.18. The summed E-state index contributed by atoms with van der Waals surface area (Å²) in [5.41, 5.74) is 0. The molecule has 0 unspecified atom stereocenters. The van der Waals surface area contributed by atoms with E-state index in [0.717, 1.165) is 12.2 Å². The lowest BCUT2D eigenvalue weighted by atomic mass is 10.3. The van der Waals surface area contributed by atoms with E-state index in [1.54, 1.807) is 24.3 Å². The number of carboxylic acids is 1. The van der Waals surface area contributed by atoms with Crippen LogP contribution in [-0.2, 0) is 9.59 Å². The van der Waals surface area contributed by atoms with Crippen molar-refractivity contribution in [3.05, 3.63) is 54.6 Å². The maximum atomic E-state index is 11.2. The molecule has 16 heavy (non-hydrogen) atoms. The Bertz CT molecular complexity index is 418. The summed E-state index contributed by atoms with van der Waals surface area (Å²) in [7, 11) is 0. The molecule has 0 saturated heterocycles. The minimum Gasteiger partial charge on any atom is -0.478 e. The molecule has 0 radical (unpaired) electrons. The van der Waals surface area contributed by atoms with Gasteiger partial charge in [-0.25, -0.2) is 9.59 Å². The standard InChI is InChI=1S/C12H10O4/c13-11(14)8-4-5-9-12(15)16-10-6-2-1-3-7-10/h1-9H,(H,13,14). The Morgan fingerprint density at radius 3 is 2.31 bits per heavy atom. The Labute approximate surface area is 92.5 Å². The van der Waals surface area contributed by atoms with Crippen molar-refractivity contribution >= 4 is 11.9 Å². The molecular formula is C12H10O4. The quantitative estimate of drug-likeness (QED) is 0.362. The molecule has 0 atom stereocenters. The van der Waals surface area contributed by atoms with E-state index in [-0.39, 0.29) is 0 Å². The molecule has 0 fully saturated rings. The lowest BCUT2D eigenvalue weighted by Gasteiger charge is -1.98. The molecule has 0 aromatic heterocycles. The molecule has 0 bridgehead atoms. The molecule has 0 spiro atoms. The highest BCUT2D eigenvalue weighted by Crippen LogP contribution is 2.08. The van der Waals surface area contributed by atoms with Crippen LogP contribution < -0.4 is 4.74 Å². The lowest BCUT2D eigenvalue weighted by Crippen LogP contribution is -2.03. The number of hydrogen-bond acceptors (Lipinski definition) is 3. The van der Waals surface area contributed by atoms with Gasteiger partial charge in [0.2, 0.25) is 0 Å². The van der Waals surface area contributed by atoms with Gasteiger partial charge in [0.05, 0.1) is 0 Å². The molecule has 1 aromatic carbocycles. The van der Waals surface area contributed by atoms with Crippen molar-refractivity contribution in [2.45, 2.75) is 0 Å².